The monoisotopic (exact) mass is 419 g/mol. The largest absolute Gasteiger partial charge is 0.391 e. The summed E-state index contributed by atoms with van der Waals surface area (Å²) in [6, 6.07) is 15.3. The molecule has 2 aromatic rings. The van der Waals surface area contributed by atoms with E-state index in [-0.39, 0.29) is 12.4 Å². The highest BCUT2D eigenvalue weighted by Crippen LogP contribution is 2.25. The van der Waals surface area contributed by atoms with E-state index in [9.17, 15) is 5.11 Å². The lowest BCUT2D eigenvalue weighted by Gasteiger charge is -2.20. The minimum atomic E-state index is -0.608. The van der Waals surface area contributed by atoms with Crippen LogP contribution in [0.25, 0.3) is 0 Å². The molecular formula is C15H16Br2ClNO. The summed E-state index contributed by atoms with van der Waals surface area (Å²) in [6.07, 6.45) is -0.0600. The first kappa shape index (κ1) is 17.7. The molecule has 0 aromatic heterocycles. The van der Waals surface area contributed by atoms with Gasteiger partial charge in [-0.3, -0.25) is 0 Å². The van der Waals surface area contributed by atoms with Crippen molar-refractivity contribution < 1.29 is 5.11 Å². The summed E-state index contributed by atoms with van der Waals surface area (Å²) in [5, 5.41) is 10.3. The topological polar surface area (TPSA) is 46.2 Å². The number of halogens is 3. The smallest absolute Gasteiger partial charge is 0.0773 e. The summed E-state index contributed by atoms with van der Waals surface area (Å²) in [6.45, 7) is 0. The zero-order valence-corrected chi connectivity index (χ0v) is 14.7. The standard InChI is InChI=1S/C15H15Br2NO.ClH/c16-12-7-11(8-13(17)9-12)15(18)14(19)6-10-4-2-1-3-5-10;/h1-5,7-9,14-15,19H,6,18H2;1H/t14-,15+;/m1./s1. The van der Waals surface area contributed by atoms with E-state index >= 15 is 0 Å². The molecule has 0 aliphatic heterocycles. The maximum absolute atomic E-state index is 10.3. The Morgan fingerprint density at radius 2 is 1.55 bits per heavy atom. The molecule has 0 aliphatic rings. The molecule has 2 atom stereocenters. The average Bonchev–Trinajstić information content (AvgIpc) is 2.37. The van der Waals surface area contributed by atoms with E-state index in [2.05, 4.69) is 31.9 Å². The summed E-state index contributed by atoms with van der Waals surface area (Å²) in [5.41, 5.74) is 8.12. The molecule has 0 amide bonds. The van der Waals surface area contributed by atoms with E-state index in [1.165, 1.54) is 0 Å². The molecule has 0 bridgehead atoms. The summed E-state index contributed by atoms with van der Waals surface area (Å²) in [4.78, 5) is 0. The van der Waals surface area contributed by atoms with Gasteiger partial charge in [-0.1, -0.05) is 62.2 Å². The Bertz CT molecular complexity index is 531. The van der Waals surface area contributed by atoms with Gasteiger partial charge in [0.2, 0.25) is 0 Å². The van der Waals surface area contributed by atoms with Crippen LogP contribution in [0.15, 0.2) is 57.5 Å². The number of aliphatic hydroxyl groups is 1. The van der Waals surface area contributed by atoms with E-state index in [1.54, 1.807) is 0 Å². The van der Waals surface area contributed by atoms with E-state index in [0.29, 0.717) is 6.42 Å². The molecule has 0 saturated heterocycles. The summed E-state index contributed by atoms with van der Waals surface area (Å²) >= 11 is 6.86. The molecule has 0 heterocycles. The van der Waals surface area contributed by atoms with E-state index < -0.39 is 12.1 Å². The van der Waals surface area contributed by atoms with Gasteiger partial charge in [-0.15, -0.1) is 12.4 Å². The summed E-state index contributed by atoms with van der Waals surface area (Å²) in [7, 11) is 0. The van der Waals surface area contributed by atoms with Gasteiger partial charge in [-0.25, -0.2) is 0 Å². The lowest BCUT2D eigenvalue weighted by Crippen LogP contribution is -2.28. The Balaban J connectivity index is 0.00000200. The molecule has 0 fully saturated rings. The Kier molecular flexibility index (Phi) is 7.20. The van der Waals surface area contributed by atoms with Crippen LogP contribution >= 0.6 is 44.3 Å². The van der Waals surface area contributed by atoms with Crippen LogP contribution in [0.4, 0.5) is 0 Å². The first-order valence-electron chi connectivity index (χ1n) is 6.00. The molecule has 0 unspecified atom stereocenters. The average molecular weight is 422 g/mol. The van der Waals surface area contributed by atoms with Crippen molar-refractivity contribution in [2.75, 3.05) is 0 Å². The maximum atomic E-state index is 10.3. The van der Waals surface area contributed by atoms with Crippen LogP contribution in [-0.2, 0) is 6.42 Å². The molecule has 0 saturated carbocycles. The Labute approximate surface area is 142 Å². The first-order chi connectivity index (χ1) is 9.06. The predicted molar refractivity (Wildman–Crippen MR) is 92.2 cm³/mol. The third kappa shape index (κ3) is 4.86. The second kappa shape index (κ2) is 8.15. The minimum absolute atomic E-state index is 0. The Morgan fingerprint density at radius 1 is 1.00 bits per heavy atom. The minimum Gasteiger partial charge on any atom is -0.391 e. The molecule has 0 radical (unpaired) electrons. The molecule has 0 aliphatic carbocycles. The Hall–Kier alpha value is -0.390. The second-order valence-electron chi connectivity index (χ2n) is 4.49. The van der Waals surface area contributed by atoms with Crippen molar-refractivity contribution in [1.82, 2.24) is 0 Å². The number of benzene rings is 2. The normalized spacial score (nSPS) is 13.4. The molecule has 0 spiro atoms. The van der Waals surface area contributed by atoms with Gasteiger partial charge in [0.25, 0.3) is 0 Å². The van der Waals surface area contributed by atoms with Gasteiger partial charge in [0, 0.05) is 15.4 Å². The number of hydrogen-bond donors (Lipinski definition) is 2. The van der Waals surface area contributed by atoms with Gasteiger partial charge in [0.05, 0.1) is 12.1 Å². The zero-order chi connectivity index (χ0) is 13.8. The van der Waals surface area contributed by atoms with Gasteiger partial charge in [0.15, 0.2) is 0 Å². The lowest BCUT2D eigenvalue weighted by atomic mass is 9.97. The predicted octanol–water partition coefficient (Wildman–Crippen LogP) is 4.24. The van der Waals surface area contributed by atoms with Crippen LogP contribution in [0.5, 0.6) is 0 Å². The SMILES string of the molecule is Cl.N[C@@H](c1cc(Br)cc(Br)c1)[C@H](O)Cc1ccccc1. The van der Waals surface area contributed by atoms with Crippen LogP contribution in [0, 0.1) is 0 Å². The van der Waals surface area contributed by atoms with Crippen LogP contribution in [-0.4, -0.2) is 11.2 Å². The second-order valence-corrected chi connectivity index (χ2v) is 6.32. The van der Waals surface area contributed by atoms with Crippen LogP contribution in [0.1, 0.15) is 17.2 Å². The number of hydrogen-bond acceptors (Lipinski definition) is 2. The van der Waals surface area contributed by atoms with Gasteiger partial charge in [-0.2, -0.15) is 0 Å². The summed E-state index contributed by atoms with van der Waals surface area (Å²) < 4.78 is 1.89. The Morgan fingerprint density at radius 3 is 2.10 bits per heavy atom. The van der Waals surface area contributed by atoms with Gasteiger partial charge >= 0.3 is 0 Å². The number of rotatable bonds is 4. The van der Waals surface area contributed by atoms with Crippen molar-refractivity contribution in [2.24, 2.45) is 5.73 Å². The fourth-order valence-electron chi connectivity index (χ4n) is 1.97. The van der Waals surface area contributed by atoms with Crippen molar-refractivity contribution in [1.29, 1.82) is 0 Å². The highest BCUT2D eigenvalue weighted by atomic mass is 79.9. The van der Waals surface area contributed by atoms with Crippen LogP contribution < -0.4 is 5.73 Å². The fraction of sp³-hybridized carbons (Fsp3) is 0.200. The number of nitrogens with two attached hydrogens (primary N) is 1. The summed E-state index contributed by atoms with van der Waals surface area (Å²) in [5.74, 6) is 0. The number of aliphatic hydroxyl groups excluding tert-OH is 1. The molecule has 5 heteroatoms. The third-order valence-electron chi connectivity index (χ3n) is 2.97. The first-order valence-corrected chi connectivity index (χ1v) is 7.58. The van der Waals surface area contributed by atoms with Crippen molar-refractivity contribution in [3.8, 4) is 0 Å². The van der Waals surface area contributed by atoms with E-state index in [4.69, 9.17) is 5.73 Å². The van der Waals surface area contributed by atoms with Crippen molar-refractivity contribution in [2.45, 2.75) is 18.6 Å². The van der Waals surface area contributed by atoms with Crippen LogP contribution in [0.3, 0.4) is 0 Å². The maximum Gasteiger partial charge on any atom is 0.0773 e. The van der Waals surface area contributed by atoms with E-state index in [1.807, 2.05) is 48.5 Å². The zero-order valence-electron chi connectivity index (χ0n) is 10.7. The van der Waals surface area contributed by atoms with Gasteiger partial charge in [-0.05, 0) is 29.3 Å². The van der Waals surface area contributed by atoms with Crippen molar-refractivity contribution in [3.05, 3.63) is 68.6 Å². The highest BCUT2D eigenvalue weighted by molar-refractivity contribution is 9.11. The molecular weight excluding hydrogens is 405 g/mol. The molecule has 20 heavy (non-hydrogen) atoms. The molecule has 2 rings (SSSR count). The van der Waals surface area contributed by atoms with Crippen LogP contribution in [0.2, 0.25) is 0 Å². The van der Waals surface area contributed by atoms with Gasteiger partial charge < -0.3 is 10.8 Å². The fourth-order valence-corrected chi connectivity index (χ4v) is 3.30. The van der Waals surface area contributed by atoms with Crippen molar-refractivity contribution in [3.63, 3.8) is 0 Å². The highest BCUT2D eigenvalue weighted by Gasteiger charge is 2.18. The van der Waals surface area contributed by atoms with Gasteiger partial charge in [0.1, 0.15) is 0 Å². The molecule has 3 N–H and O–H groups in total. The molecule has 2 nitrogen and oxygen atoms in total. The lowest BCUT2D eigenvalue weighted by molar-refractivity contribution is 0.145. The quantitative estimate of drug-likeness (QED) is 0.776. The molecule has 2 aromatic carbocycles. The molecule has 108 valence electrons. The van der Waals surface area contributed by atoms with Crippen molar-refractivity contribution >= 4 is 44.3 Å². The van der Waals surface area contributed by atoms with E-state index in [0.717, 1.165) is 20.1 Å². The third-order valence-corrected chi connectivity index (χ3v) is 3.89.